The molecule has 2 heteroatoms. The van der Waals surface area contributed by atoms with Gasteiger partial charge in [0.2, 0.25) is 0 Å². The van der Waals surface area contributed by atoms with E-state index in [0.717, 1.165) is 18.5 Å². The average molecular weight is 187 g/mol. The molecule has 0 heterocycles. The number of thioether (sulfide) groups is 1. The van der Waals surface area contributed by atoms with Crippen molar-refractivity contribution in [1.29, 1.82) is 0 Å². The topological polar surface area (TPSA) is 12.0 Å². The quantitative estimate of drug-likeness (QED) is 0.657. The molecule has 1 unspecified atom stereocenters. The van der Waals surface area contributed by atoms with Crippen molar-refractivity contribution in [3.8, 4) is 0 Å². The van der Waals surface area contributed by atoms with Crippen LogP contribution < -0.4 is 5.32 Å². The Morgan fingerprint density at radius 3 is 2.75 bits per heavy atom. The van der Waals surface area contributed by atoms with Gasteiger partial charge in [0, 0.05) is 6.04 Å². The maximum atomic E-state index is 3.58. The highest BCUT2D eigenvalue weighted by Crippen LogP contribution is 2.34. The van der Waals surface area contributed by atoms with Crippen LogP contribution in [0.2, 0.25) is 0 Å². The fourth-order valence-electron chi connectivity index (χ4n) is 1.61. The first-order valence-electron chi connectivity index (χ1n) is 5.09. The van der Waals surface area contributed by atoms with Gasteiger partial charge in [-0.15, -0.1) is 0 Å². The summed E-state index contributed by atoms with van der Waals surface area (Å²) in [6, 6.07) is 0.801. The van der Waals surface area contributed by atoms with Crippen molar-refractivity contribution in [2.24, 2.45) is 5.92 Å². The van der Waals surface area contributed by atoms with Crippen LogP contribution in [-0.4, -0.2) is 24.6 Å². The van der Waals surface area contributed by atoms with E-state index >= 15 is 0 Å². The van der Waals surface area contributed by atoms with Gasteiger partial charge >= 0.3 is 0 Å². The second-order valence-electron chi connectivity index (χ2n) is 3.72. The fourth-order valence-corrected chi connectivity index (χ4v) is 2.13. The molecule has 1 saturated carbocycles. The molecule has 0 spiro atoms. The zero-order chi connectivity index (χ0) is 8.81. The summed E-state index contributed by atoms with van der Waals surface area (Å²) in [5.41, 5.74) is 0. The number of hydrogen-bond donors (Lipinski definition) is 1. The van der Waals surface area contributed by atoms with Gasteiger partial charge in [0.05, 0.1) is 0 Å². The van der Waals surface area contributed by atoms with Crippen LogP contribution in [0.3, 0.4) is 0 Å². The van der Waals surface area contributed by atoms with Crippen molar-refractivity contribution in [2.45, 2.75) is 38.6 Å². The summed E-state index contributed by atoms with van der Waals surface area (Å²) in [7, 11) is 0. The minimum absolute atomic E-state index is 0.801. The van der Waals surface area contributed by atoms with Crippen molar-refractivity contribution in [1.82, 2.24) is 5.32 Å². The second kappa shape index (κ2) is 5.87. The monoisotopic (exact) mass is 187 g/mol. The number of hydrogen-bond acceptors (Lipinski definition) is 2. The first-order valence-corrected chi connectivity index (χ1v) is 6.48. The Labute approximate surface area is 80.7 Å². The molecule has 1 fully saturated rings. The highest BCUT2D eigenvalue weighted by Gasteiger charge is 2.24. The van der Waals surface area contributed by atoms with Crippen LogP contribution in [0.5, 0.6) is 0 Å². The summed E-state index contributed by atoms with van der Waals surface area (Å²) in [6.45, 7) is 3.34. The van der Waals surface area contributed by atoms with Gasteiger partial charge in [0.1, 0.15) is 0 Å². The zero-order valence-corrected chi connectivity index (χ0v) is 9.12. The lowest BCUT2D eigenvalue weighted by atomic mass is 10.1. The Hall–Kier alpha value is 0.310. The lowest BCUT2D eigenvalue weighted by Crippen LogP contribution is -2.29. The molecule has 1 atom stereocenters. The molecule has 0 aliphatic heterocycles. The van der Waals surface area contributed by atoms with Crippen LogP contribution in [0.15, 0.2) is 0 Å². The van der Waals surface area contributed by atoms with Crippen LogP contribution in [0, 0.1) is 5.92 Å². The summed E-state index contributed by atoms with van der Waals surface area (Å²) < 4.78 is 0. The standard InChI is InChI=1S/C10H21NS/c1-3-11-10(6-7-12-2)8-9-4-5-9/h9-11H,3-8H2,1-2H3. The SMILES string of the molecule is CCNC(CCSC)CC1CC1. The molecule has 12 heavy (non-hydrogen) atoms. The van der Waals surface area contributed by atoms with Crippen molar-refractivity contribution in [3.63, 3.8) is 0 Å². The van der Waals surface area contributed by atoms with E-state index < -0.39 is 0 Å². The summed E-state index contributed by atoms with van der Waals surface area (Å²) in [5, 5.41) is 3.58. The lowest BCUT2D eigenvalue weighted by molar-refractivity contribution is 0.459. The Balaban J connectivity index is 2.07. The van der Waals surface area contributed by atoms with E-state index in [-0.39, 0.29) is 0 Å². The van der Waals surface area contributed by atoms with Gasteiger partial charge in [-0.05, 0) is 37.3 Å². The van der Waals surface area contributed by atoms with Crippen LogP contribution in [0.4, 0.5) is 0 Å². The van der Waals surface area contributed by atoms with Crippen molar-refractivity contribution in [3.05, 3.63) is 0 Å². The van der Waals surface area contributed by atoms with E-state index in [0.29, 0.717) is 0 Å². The number of nitrogens with one attached hydrogen (secondary N) is 1. The molecule has 1 rings (SSSR count). The molecule has 0 aromatic carbocycles. The molecule has 0 aromatic rings. The molecule has 0 radical (unpaired) electrons. The molecule has 0 saturated heterocycles. The molecule has 1 nitrogen and oxygen atoms in total. The van der Waals surface area contributed by atoms with E-state index in [4.69, 9.17) is 0 Å². The maximum absolute atomic E-state index is 3.58. The maximum Gasteiger partial charge on any atom is 0.00774 e. The third-order valence-corrected chi connectivity index (χ3v) is 3.12. The van der Waals surface area contributed by atoms with Crippen LogP contribution in [0.1, 0.15) is 32.6 Å². The van der Waals surface area contributed by atoms with E-state index in [9.17, 15) is 0 Å². The van der Waals surface area contributed by atoms with Crippen LogP contribution in [0.25, 0.3) is 0 Å². The van der Waals surface area contributed by atoms with Crippen molar-refractivity contribution >= 4 is 11.8 Å². The molecule has 0 bridgehead atoms. The molecular weight excluding hydrogens is 166 g/mol. The largest absolute Gasteiger partial charge is 0.314 e. The lowest BCUT2D eigenvalue weighted by Gasteiger charge is -2.16. The van der Waals surface area contributed by atoms with Gasteiger partial charge in [-0.2, -0.15) is 11.8 Å². The van der Waals surface area contributed by atoms with Gasteiger partial charge in [-0.1, -0.05) is 19.8 Å². The minimum atomic E-state index is 0.801. The Kier molecular flexibility index (Phi) is 5.08. The summed E-state index contributed by atoms with van der Waals surface area (Å²) in [4.78, 5) is 0. The van der Waals surface area contributed by atoms with Gasteiger partial charge < -0.3 is 5.32 Å². The normalized spacial score (nSPS) is 19.5. The van der Waals surface area contributed by atoms with E-state index in [1.54, 1.807) is 0 Å². The second-order valence-corrected chi connectivity index (χ2v) is 4.70. The van der Waals surface area contributed by atoms with Gasteiger partial charge in [-0.25, -0.2) is 0 Å². The molecule has 0 amide bonds. The van der Waals surface area contributed by atoms with Gasteiger partial charge in [-0.3, -0.25) is 0 Å². The van der Waals surface area contributed by atoms with E-state index in [1.165, 1.54) is 31.4 Å². The highest BCUT2D eigenvalue weighted by atomic mass is 32.2. The molecular formula is C10H21NS. The van der Waals surface area contributed by atoms with E-state index in [1.807, 2.05) is 11.8 Å². The van der Waals surface area contributed by atoms with Crippen molar-refractivity contribution < 1.29 is 0 Å². The summed E-state index contributed by atoms with van der Waals surface area (Å²) in [5.74, 6) is 2.38. The molecule has 1 aliphatic rings. The van der Waals surface area contributed by atoms with Crippen LogP contribution in [-0.2, 0) is 0 Å². The summed E-state index contributed by atoms with van der Waals surface area (Å²) >= 11 is 1.96. The summed E-state index contributed by atoms with van der Waals surface area (Å²) in [6.07, 6.45) is 7.95. The van der Waals surface area contributed by atoms with Crippen LogP contribution >= 0.6 is 11.8 Å². The Morgan fingerprint density at radius 1 is 1.50 bits per heavy atom. The van der Waals surface area contributed by atoms with E-state index in [2.05, 4.69) is 18.5 Å². The Bertz CT molecular complexity index is 112. The van der Waals surface area contributed by atoms with Gasteiger partial charge in [0.25, 0.3) is 0 Å². The number of rotatable bonds is 7. The first kappa shape index (κ1) is 10.4. The predicted molar refractivity (Wildman–Crippen MR) is 57.8 cm³/mol. The third kappa shape index (κ3) is 4.36. The molecule has 0 aromatic heterocycles. The van der Waals surface area contributed by atoms with Crippen molar-refractivity contribution in [2.75, 3.05) is 18.6 Å². The average Bonchev–Trinajstić information content (AvgIpc) is 2.84. The minimum Gasteiger partial charge on any atom is -0.314 e. The van der Waals surface area contributed by atoms with Gasteiger partial charge in [0.15, 0.2) is 0 Å². The molecule has 72 valence electrons. The Morgan fingerprint density at radius 2 is 2.25 bits per heavy atom. The highest BCUT2D eigenvalue weighted by molar-refractivity contribution is 7.98. The first-order chi connectivity index (χ1) is 5.86. The third-order valence-electron chi connectivity index (χ3n) is 2.48. The molecule has 1 aliphatic carbocycles. The molecule has 1 N–H and O–H groups in total. The predicted octanol–water partition coefficient (Wildman–Crippen LogP) is 2.52. The smallest absolute Gasteiger partial charge is 0.00774 e. The fraction of sp³-hybridized carbons (Fsp3) is 1.00. The zero-order valence-electron chi connectivity index (χ0n) is 8.31.